The van der Waals surface area contributed by atoms with Gasteiger partial charge in [-0.15, -0.1) is 0 Å². The van der Waals surface area contributed by atoms with Crippen LogP contribution < -0.4 is 10.5 Å². The second kappa shape index (κ2) is 6.10. The van der Waals surface area contributed by atoms with Crippen LogP contribution in [0.2, 0.25) is 0 Å². The second-order valence-electron chi connectivity index (χ2n) is 4.63. The molecule has 0 saturated heterocycles. The molecule has 0 radical (unpaired) electrons. The van der Waals surface area contributed by atoms with Crippen molar-refractivity contribution in [3.63, 3.8) is 0 Å². The molecular weight excluding hydrogens is 386 g/mol. The van der Waals surface area contributed by atoms with Crippen molar-refractivity contribution < 1.29 is 4.74 Å². The first kappa shape index (κ1) is 15.3. The average Bonchev–Trinajstić information content (AvgIpc) is 2.42. The van der Waals surface area contributed by atoms with Gasteiger partial charge < -0.3 is 10.5 Å². The Kier molecular flexibility index (Phi) is 4.65. The standard InChI is InChI=1S/C14H15Br2N3O/c1-7(2)12-11(16)13(17)19-14(18-12)9-6-8(20-3)4-5-10(9)15/h4-7H,1-3H3,(H2,17,18,19). The molecular formula is C14H15Br2N3O. The fourth-order valence-electron chi connectivity index (χ4n) is 1.79. The lowest BCUT2D eigenvalue weighted by atomic mass is 10.1. The monoisotopic (exact) mass is 399 g/mol. The third-order valence-corrected chi connectivity index (χ3v) is 4.37. The molecule has 20 heavy (non-hydrogen) atoms. The first-order chi connectivity index (χ1) is 9.43. The van der Waals surface area contributed by atoms with E-state index in [0.29, 0.717) is 11.6 Å². The fourth-order valence-corrected chi connectivity index (χ4v) is 2.85. The van der Waals surface area contributed by atoms with E-state index < -0.39 is 0 Å². The van der Waals surface area contributed by atoms with Crippen molar-refractivity contribution >= 4 is 37.7 Å². The molecule has 0 fully saturated rings. The number of benzene rings is 1. The quantitative estimate of drug-likeness (QED) is 0.830. The summed E-state index contributed by atoms with van der Waals surface area (Å²) in [7, 11) is 1.63. The highest BCUT2D eigenvalue weighted by molar-refractivity contribution is 9.11. The van der Waals surface area contributed by atoms with Crippen LogP contribution in [-0.4, -0.2) is 17.1 Å². The summed E-state index contributed by atoms with van der Waals surface area (Å²) in [4.78, 5) is 8.97. The van der Waals surface area contributed by atoms with Gasteiger partial charge in [0.2, 0.25) is 0 Å². The number of nitrogen functional groups attached to an aromatic ring is 1. The number of methoxy groups -OCH3 is 1. The lowest BCUT2D eigenvalue weighted by Gasteiger charge is -2.13. The predicted octanol–water partition coefficient (Wildman–Crippen LogP) is 4.38. The molecule has 0 aliphatic heterocycles. The van der Waals surface area contributed by atoms with E-state index in [2.05, 4.69) is 55.7 Å². The van der Waals surface area contributed by atoms with Crippen LogP contribution in [0.5, 0.6) is 5.75 Å². The normalized spacial score (nSPS) is 10.9. The maximum Gasteiger partial charge on any atom is 0.163 e. The maximum absolute atomic E-state index is 5.97. The summed E-state index contributed by atoms with van der Waals surface area (Å²) in [5.41, 5.74) is 7.72. The summed E-state index contributed by atoms with van der Waals surface area (Å²) < 4.78 is 6.90. The number of halogens is 2. The van der Waals surface area contributed by atoms with Crippen LogP contribution >= 0.6 is 31.9 Å². The summed E-state index contributed by atoms with van der Waals surface area (Å²) in [5.74, 6) is 2.02. The van der Waals surface area contributed by atoms with Gasteiger partial charge in [-0.25, -0.2) is 9.97 Å². The van der Waals surface area contributed by atoms with E-state index in [1.54, 1.807) is 7.11 Å². The van der Waals surface area contributed by atoms with Crippen LogP contribution in [0, 0.1) is 0 Å². The maximum atomic E-state index is 5.97. The smallest absolute Gasteiger partial charge is 0.163 e. The topological polar surface area (TPSA) is 61.0 Å². The summed E-state index contributed by atoms with van der Waals surface area (Å²) in [6.07, 6.45) is 0. The van der Waals surface area contributed by atoms with E-state index in [-0.39, 0.29) is 5.92 Å². The summed E-state index contributed by atoms with van der Waals surface area (Å²) in [6.45, 7) is 4.13. The minimum Gasteiger partial charge on any atom is -0.497 e. The van der Waals surface area contributed by atoms with Crippen molar-refractivity contribution in [1.29, 1.82) is 0 Å². The Morgan fingerprint density at radius 1 is 1.20 bits per heavy atom. The molecule has 2 aromatic rings. The Hall–Kier alpha value is -1.14. The molecule has 6 heteroatoms. The third-order valence-electron chi connectivity index (χ3n) is 2.86. The van der Waals surface area contributed by atoms with Gasteiger partial charge in [0.25, 0.3) is 0 Å². The zero-order valence-electron chi connectivity index (χ0n) is 11.4. The van der Waals surface area contributed by atoms with Gasteiger partial charge in [-0.3, -0.25) is 0 Å². The van der Waals surface area contributed by atoms with Gasteiger partial charge in [-0.2, -0.15) is 0 Å². The first-order valence-electron chi connectivity index (χ1n) is 6.10. The highest BCUT2D eigenvalue weighted by Gasteiger charge is 2.16. The van der Waals surface area contributed by atoms with E-state index >= 15 is 0 Å². The van der Waals surface area contributed by atoms with E-state index in [1.165, 1.54) is 0 Å². The van der Waals surface area contributed by atoms with Gasteiger partial charge in [0, 0.05) is 10.0 Å². The number of nitrogens with two attached hydrogens (primary N) is 1. The SMILES string of the molecule is COc1ccc(Br)c(-c2nc(N)c(Br)c(C(C)C)n2)c1. The highest BCUT2D eigenvalue weighted by Crippen LogP contribution is 2.34. The van der Waals surface area contributed by atoms with Crippen LogP contribution in [-0.2, 0) is 0 Å². The molecule has 2 rings (SSSR count). The summed E-state index contributed by atoms with van der Waals surface area (Å²) in [6, 6.07) is 5.67. The lowest BCUT2D eigenvalue weighted by molar-refractivity contribution is 0.415. The molecule has 1 aromatic carbocycles. The lowest BCUT2D eigenvalue weighted by Crippen LogP contribution is -2.04. The van der Waals surface area contributed by atoms with Crippen LogP contribution in [0.1, 0.15) is 25.5 Å². The van der Waals surface area contributed by atoms with E-state index in [4.69, 9.17) is 10.5 Å². The van der Waals surface area contributed by atoms with Crippen molar-refractivity contribution in [2.45, 2.75) is 19.8 Å². The number of rotatable bonds is 3. The second-order valence-corrected chi connectivity index (χ2v) is 6.28. The van der Waals surface area contributed by atoms with Gasteiger partial charge in [0.1, 0.15) is 11.6 Å². The molecule has 0 bridgehead atoms. The van der Waals surface area contributed by atoms with Gasteiger partial charge in [-0.05, 0) is 40.0 Å². The molecule has 0 saturated carbocycles. The molecule has 0 unspecified atom stereocenters. The highest BCUT2D eigenvalue weighted by atomic mass is 79.9. The van der Waals surface area contributed by atoms with E-state index in [1.807, 2.05) is 18.2 Å². The first-order valence-corrected chi connectivity index (χ1v) is 7.69. The Morgan fingerprint density at radius 2 is 1.90 bits per heavy atom. The van der Waals surface area contributed by atoms with Crippen molar-refractivity contribution in [1.82, 2.24) is 9.97 Å². The van der Waals surface area contributed by atoms with Crippen LogP contribution in [0.25, 0.3) is 11.4 Å². The van der Waals surface area contributed by atoms with Crippen molar-refractivity contribution in [2.24, 2.45) is 0 Å². The molecule has 2 N–H and O–H groups in total. The van der Waals surface area contributed by atoms with E-state index in [0.717, 1.165) is 26.0 Å². The summed E-state index contributed by atoms with van der Waals surface area (Å²) >= 11 is 6.96. The van der Waals surface area contributed by atoms with E-state index in [9.17, 15) is 0 Å². The number of nitrogens with zero attached hydrogens (tertiary/aromatic N) is 2. The van der Waals surface area contributed by atoms with Gasteiger partial charge in [-0.1, -0.05) is 29.8 Å². The molecule has 0 aliphatic carbocycles. The molecule has 0 amide bonds. The molecule has 0 aliphatic rings. The molecule has 1 heterocycles. The number of aromatic nitrogens is 2. The van der Waals surface area contributed by atoms with Crippen LogP contribution in [0.3, 0.4) is 0 Å². The number of ether oxygens (including phenoxy) is 1. The van der Waals surface area contributed by atoms with Gasteiger partial charge >= 0.3 is 0 Å². The predicted molar refractivity (Wildman–Crippen MR) is 87.9 cm³/mol. The number of hydrogen-bond acceptors (Lipinski definition) is 4. The Morgan fingerprint density at radius 3 is 2.50 bits per heavy atom. The zero-order chi connectivity index (χ0) is 14.9. The minimum atomic E-state index is 0.248. The Labute approximate surface area is 135 Å². The van der Waals surface area contributed by atoms with Crippen molar-refractivity contribution in [3.8, 4) is 17.1 Å². The Bertz CT molecular complexity index is 645. The Balaban J connectivity index is 2.64. The van der Waals surface area contributed by atoms with Gasteiger partial charge in [0.15, 0.2) is 5.82 Å². The number of anilines is 1. The van der Waals surface area contributed by atoms with Crippen LogP contribution in [0.15, 0.2) is 27.1 Å². The van der Waals surface area contributed by atoms with Crippen molar-refractivity contribution in [3.05, 3.63) is 32.8 Å². The summed E-state index contributed by atoms with van der Waals surface area (Å²) in [5, 5.41) is 0. The van der Waals surface area contributed by atoms with Gasteiger partial charge in [0.05, 0.1) is 17.3 Å². The molecule has 4 nitrogen and oxygen atoms in total. The number of hydrogen-bond donors (Lipinski definition) is 1. The largest absolute Gasteiger partial charge is 0.497 e. The zero-order valence-corrected chi connectivity index (χ0v) is 14.6. The third kappa shape index (κ3) is 2.96. The minimum absolute atomic E-state index is 0.248. The van der Waals surface area contributed by atoms with Crippen LogP contribution in [0.4, 0.5) is 5.82 Å². The molecule has 1 aromatic heterocycles. The fraction of sp³-hybridized carbons (Fsp3) is 0.286. The molecule has 106 valence electrons. The average molecular weight is 401 g/mol. The molecule has 0 atom stereocenters. The molecule has 0 spiro atoms. The van der Waals surface area contributed by atoms with Crippen molar-refractivity contribution in [2.75, 3.05) is 12.8 Å².